The van der Waals surface area contributed by atoms with Gasteiger partial charge in [0.2, 0.25) is 21.8 Å². The number of hydrogen-bond acceptors (Lipinski definition) is 4. The molecule has 1 aliphatic heterocycles. The van der Waals surface area contributed by atoms with Crippen LogP contribution in [0.15, 0.2) is 0 Å². The Bertz CT molecular complexity index is 449. The van der Waals surface area contributed by atoms with Gasteiger partial charge in [-0.15, -0.1) is 0 Å². The molecular weight excluding hydrogens is 270 g/mol. The first-order valence-electron chi connectivity index (χ1n) is 6.12. The summed E-state index contributed by atoms with van der Waals surface area (Å²) < 4.78 is 24.8. The smallest absolute Gasteiger partial charge is 0.224 e. The summed E-state index contributed by atoms with van der Waals surface area (Å²) in [6, 6.07) is 0. The molecule has 0 spiro atoms. The molecule has 3 N–H and O–H groups in total. The molecule has 1 fully saturated rings. The molecule has 1 rings (SSSR count). The van der Waals surface area contributed by atoms with Crippen molar-refractivity contribution in [2.75, 3.05) is 19.3 Å². The van der Waals surface area contributed by atoms with Crippen molar-refractivity contribution in [1.82, 2.24) is 15.4 Å². The van der Waals surface area contributed by atoms with Crippen LogP contribution in [0.2, 0.25) is 0 Å². The van der Waals surface area contributed by atoms with Gasteiger partial charge in [-0.1, -0.05) is 0 Å². The Morgan fingerprint density at radius 1 is 1.47 bits per heavy atom. The van der Waals surface area contributed by atoms with E-state index in [0.29, 0.717) is 19.4 Å². The lowest BCUT2D eigenvalue weighted by Gasteiger charge is -2.27. The molecule has 110 valence electrons. The summed E-state index contributed by atoms with van der Waals surface area (Å²) in [7, 11) is -3.32. The van der Waals surface area contributed by atoms with E-state index in [2.05, 4.69) is 15.4 Å². The third-order valence-electron chi connectivity index (χ3n) is 2.80. The second kappa shape index (κ2) is 5.87. The monoisotopic (exact) mass is 291 g/mol. The van der Waals surface area contributed by atoms with Gasteiger partial charge in [0, 0.05) is 25.0 Å². The van der Waals surface area contributed by atoms with Crippen molar-refractivity contribution >= 4 is 21.8 Å². The summed E-state index contributed by atoms with van der Waals surface area (Å²) in [4.78, 5) is 22.9. The third-order valence-corrected chi connectivity index (χ3v) is 3.73. The Kier molecular flexibility index (Phi) is 4.92. The van der Waals surface area contributed by atoms with Gasteiger partial charge in [-0.3, -0.25) is 9.59 Å². The van der Waals surface area contributed by atoms with E-state index in [0.717, 1.165) is 6.26 Å². The Morgan fingerprint density at radius 3 is 2.58 bits per heavy atom. The van der Waals surface area contributed by atoms with Crippen LogP contribution in [-0.4, -0.2) is 45.1 Å². The molecule has 0 bridgehead atoms. The first kappa shape index (κ1) is 15.9. The fourth-order valence-corrected chi connectivity index (χ4v) is 3.02. The molecule has 0 radical (unpaired) electrons. The van der Waals surface area contributed by atoms with Crippen molar-refractivity contribution in [3.8, 4) is 0 Å². The van der Waals surface area contributed by atoms with Gasteiger partial charge in [-0.2, -0.15) is 0 Å². The maximum absolute atomic E-state index is 11.9. The van der Waals surface area contributed by atoms with Gasteiger partial charge in [0.1, 0.15) is 0 Å². The topological polar surface area (TPSA) is 104 Å². The normalized spacial score (nSPS) is 20.8. The van der Waals surface area contributed by atoms with Crippen LogP contribution in [0.5, 0.6) is 0 Å². The first-order valence-corrected chi connectivity index (χ1v) is 8.01. The van der Waals surface area contributed by atoms with Crippen LogP contribution in [0.25, 0.3) is 0 Å². The van der Waals surface area contributed by atoms with Crippen molar-refractivity contribution in [1.29, 1.82) is 0 Å². The minimum absolute atomic E-state index is 0.0388. The molecular formula is C11H21N3O4S. The zero-order valence-corrected chi connectivity index (χ0v) is 12.3. The lowest BCUT2D eigenvalue weighted by Crippen LogP contribution is -2.53. The fourth-order valence-electron chi connectivity index (χ4n) is 1.95. The van der Waals surface area contributed by atoms with Crippen molar-refractivity contribution in [3.63, 3.8) is 0 Å². The summed E-state index contributed by atoms with van der Waals surface area (Å²) in [5, 5.41) is 5.35. The molecule has 1 heterocycles. The average molecular weight is 291 g/mol. The third kappa shape index (κ3) is 6.02. The molecule has 1 aliphatic rings. The van der Waals surface area contributed by atoms with Gasteiger partial charge in [0.15, 0.2) is 0 Å². The second-order valence-corrected chi connectivity index (χ2v) is 7.26. The Hall–Kier alpha value is -1.15. The lowest BCUT2D eigenvalue weighted by molar-refractivity contribution is -0.129. The highest BCUT2D eigenvalue weighted by Gasteiger charge is 2.27. The van der Waals surface area contributed by atoms with E-state index in [4.69, 9.17) is 0 Å². The molecule has 7 nitrogen and oxygen atoms in total. The summed E-state index contributed by atoms with van der Waals surface area (Å²) in [6.45, 7) is 3.92. The largest absolute Gasteiger partial charge is 0.355 e. The van der Waals surface area contributed by atoms with E-state index in [9.17, 15) is 18.0 Å². The molecule has 1 unspecified atom stereocenters. The maximum Gasteiger partial charge on any atom is 0.224 e. The Labute approximate surface area is 113 Å². The predicted molar refractivity (Wildman–Crippen MR) is 70.8 cm³/mol. The molecule has 0 aromatic rings. The SMILES string of the molecule is CC(C)(CNC(=O)C1CCC(=O)NC1)NS(C)(=O)=O. The highest BCUT2D eigenvalue weighted by molar-refractivity contribution is 7.88. The van der Waals surface area contributed by atoms with Crippen LogP contribution in [0.3, 0.4) is 0 Å². The van der Waals surface area contributed by atoms with Crippen molar-refractivity contribution in [3.05, 3.63) is 0 Å². The van der Waals surface area contributed by atoms with E-state index in [-0.39, 0.29) is 24.3 Å². The van der Waals surface area contributed by atoms with Crippen LogP contribution in [-0.2, 0) is 19.6 Å². The van der Waals surface area contributed by atoms with Gasteiger partial charge in [-0.25, -0.2) is 13.1 Å². The average Bonchev–Trinajstić information content (AvgIpc) is 2.24. The summed E-state index contributed by atoms with van der Waals surface area (Å²) >= 11 is 0. The molecule has 0 aliphatic carbocycles. The Morgan fingerprint density at radius 2 is 2.11 bits per heavy atom. The number of rotatable bonds is 5. The lowest BCUT2D eigenvalue weighted by atomic mass is 9.98. The zero-order chi connectivity index (χ0) is 14.7. The van der Waals surface area contributed by atoms with E-state index in [1.54, 1.807) is 13.8 Å². The number of amides is 2. The molecule has 0 aromatic carbocycles. The van der Waals surface area contributed by atoms with Crippen LogP contribution >= 0.6 is 0 Å². The minimum atomic E-state index is -3.32. The zero-order valence-electron chi connectivity index (χ0n) is 11.4. The summed E-state index contributed by atoms with van der Waals surface area (Å²) in [5.74, 6) is -0.446. The summed E-state index contributed by atoms with van der Waals surface area (Å²) in [6.07, 6.45) is 1.95. The number of piperidine rings is 1. The number of carbonyl (C=O) groups is 2. The van der Waals surface area contributed by atoms with Crippen molar-refractivity contribution < 1.29 is 18.0 Å². The van der Waals surface area contributed by atoms with Crippen molar-refractivity contribution in [2.24, 2.45) is 5.92 Å². The van der Waals surface area contributed by atoms with E-state index in [1.807, 2.05) is 0 Å². The van der Waals surface area contributed by atoms with Gasteiger partial charge < -0.3 is 10.6 Å². The number of nitrogens with one attached hydrogen (secondary N) is 3. The molecule has 1 atom stereocenters. The highest BCUT2D eigenvalue weighted by Crippen LogP contribution is 2.11. The number of sulfonamides is 1. The molecule has 8 heteroatoms. The second-order valence-electron chi connectivity index (χ2n) is 5.52. The first-order chi connectivity index (χ1) is 8.59. The van der Waals surface area contributed by atoms with Crippen LogP contribution in [0.1, 0.15) is 26.7 Å². The summed E-state index contributed by atoms with van der Waals surface area (Å²) in [5.41, 5.74) is -0.749. The van der Waals surface area contributed by atoms with E-state index >= 15 is 0 Å². The number of hydrogen-bond donors (Lipinski definition) is 3. The maximum atomic E-state index is 11.9. The van der Waals surface area contributed by atoms with Crippen LogP contribution < -0.4 is 15.4 Å². The number of carbonyl (C=O) groups excluding carboxylic acids is 2. The van der Waals surface area contributed by atoms with E-state index in [1.165, 1.54) is 0 Å². The fraction of sp³-hybridized carbons (Fsp3) is 0.818. The Balaban J connectivity index is 2.43. The van der Waals surface area contributed by atoms with Crippen LogP contribution in [0, 0.1) is 5.92 Å². The molecule has 1 saturated heterocycles. The molecule has 2 amide bonds. The van der Waals surface area contributed by atoms with Gasteiger partial charge >= 0.3 is 0 Å². The van der Waals surface area contributed by atoms with Gasteiger partial charge in [0.05, 0.1) is 12.2 Å². The molecule has 19 heavy (non-hydrogen) atoms. The molecule has 0 aromatic heterocycles. The van der Waals surface area contributed by atoms with Gasteiger partial charge in [-0.05, 0) is 20.3 Å². The predicted octanol–water partition coefficient (Wildman–Crippen LogP) is -1.04. The van der Waals surface area contributed by atoms with E-state index < -0.39 is 15.6 Å². The standard InChI is InChI=1S/C11H21N3O4S/c1-11(2,14-19(3,17)18)7-13-10(16)8-4-5-9(15)12-6-8/h8,14H,4-7H2,1-3H3,(H,12,15)(H,13,16). The van der Waals surface area contributed by atoms with Gasteiger partial charge in [0.25, 0.3) is 0 Å². The quantitative estimate of drug-likeness (QED) is 0.601. The highest BCUT2D eigenvalue weighted by atomic mass is 32.2. The minimum Gasteiger partial charge on any atom is -0.355 e. The van der Waals surface area contributed by atoms with Crippen molar-refractivity contribution in [2.45, 2.75) is 32.2 Å². The van der Waals surface area contributed by atoms with Crippen LogP contribution in [0.4, 0.5) is 0 Å². The molecule has 0 saturated carbocycles.